The third kappa shape index (κ3) is 2.90. The van der Waals surface area contributed by atoms with E-state index in [1.807, 2.05) is 25.1 Å². The van der Waals surface area contributed by atoms with Gasteiger partial charge in [-0.3, -0.25) is 4.79 Å². The Morgan fingerprint density at radius 2 is 2.21 bits per heavy atom. The largest absolute Gasteiger partial charge is 0.315 e. The van der Waals surface area contributed by atoms with Crippen LogP contribution in [0.5, 0.6) is 0 Å². The minimum Gasteiger partial charge on any atom is -0.315 e. The molecule has 0 fully saturated rings. The zero-order chi connectivity index (χ0) is 10.6. The second kappa shape index (κ2) is 4.83. The number of carbonyl (C=O) groups excluding carboxylic acids is 1. The molecule has 0 saturated heterocycles. The molecule has 1 N–H and O–H groups in total. The molecular formula is C11H10BrNO. The quantitative estimate of drug-likeness (QED) is 0.765. The van der Waals surface area contributed by atoms with Crippen molar-refractivity contribution < 1.29 is 4.79 Å². The van der Waals surface area contributed by atoms with E-state index in [2.05, 4.69) is 33.1 Å². The highest BCUT2D eigenvalue weighted by atomic mass is 79.9. The van der Waals surface area contributed by atoms with Crippen molar-refractivity contribution in [2.75, 3.05) is 5.32 Å². The molecule has 72 valence electrons. The first kappa shape index (κ1) is 10.8. The van der Waals surface area contributed by atoms with Crippen molar-refractivity contribution in [2.24, 2.45) is 0 Å². The van der Waals surface area contributed by atoms with Crippen molar-refractivity contribution in [3.63, 3.8) is 0 Å². The van der Waals surface area contributed by atoms with Crippen molar-refractivity contribution in [1.29, 1.82) is 0 Å². The molecule has 0 bridgehead atoms. The van der Waals surface area contributed by atoms with Gasteiger partial charge >= 0.3 is 0 Å². The zero-order valence-corrected chi connectivity index (χ0v) is 9.60. The maximum Gasteiger partial charge on any atom is 0.300 e. The molecule has 1 rings (SSSR count). The van der Waals surface area contributed by atoms with Gasteiger partial charge in [-0.2, -0.15) is 0 Å². The van der Waals surface area contributed by atoms with Crippen LogP contribution in [0.4, 0.5) is 5.69 Å². The highest BCUT2D eigenvalue weighted by Gasteiger charge is 1.99. The monoisotopic (exact) mass is 251 g/mol. The Hall–Kier alpha value is -1.27. The molecule has 0 aromatic heterocycles. The molecule has 1 amide bonds. The molecule has 2 nitrogen and oxygen atoms in total. The topological polar surface area (TPSA) is 29.1 Å². The predicted octanol–water partition coefficient (Wildman–Crippen LogP) is 2.72. The third-order valence-electron chi connectivity index (χ3n) is 1.67. The lowest BCUT2D eigenvalue weighted by atomic mass is 10.2. The minimum absolute atomic E-state index is 0.289. The number of aryl methyl sites for hydroxylation is 1. The molecule has 0 unspecified atom stereocenters. The molecule has 0 saturated carbocycles. The van der Waals surface area contributed by atoms with Crippen LogP contribution in [0.15, 0.2) is 22.7 Å². The Balaban J connectivity index is 2.81. The summed E-state index contributed by atoms with van der Waals surface area (Å²) in [6.07, 6.45) is 0. The van der Waals surface area contributed by atoms with Crippen molar-refractivity contribution in [1.82, 2.24) is 0 Å². The number of anilines is 1. The van der Waals surface area contributed by atoms with E-state index in [0.29, 0.717) is 0 Å². The van der Waals surface area contributed by atoms with Gasteiger partial charge in [0.1, 0.15) is 0 Å². The third-order valence-corrected chi connectivity index (χ3v) is 2.52. The average molecular weight is 252 g/mol. The van der Waals surface area contributed by atoms with Crippen LogP contribution >= 0.6 is 15.9 Å². The van der Waals surface area contributed by atoms with Gasteiger partial charge in [0.25, 0.3) is 5.91 Å². The van der Waals surface area contributed by atoms with Crippen molar-refractivity contribution in [3.05, 3.63) is 28.2 Å². The number of hydrogen-bond acceptors (Lipinski definition) is 1. The van der Waals surface area contributed by atoms with Crippen molar-refractivity contribution >= 4 is 27.5 Å². The molecule has 0 aliphatic rings. The smallest absolute Gasteiger partial charge is 0.300 e. The lowest BCUT2D eigenvalue weighted by Gasteiger charge is -2.03. The SMILES string of the molecule is CC#CC(=O)Nc1ccc(C)c(Br)c1. The summed E-state index contributed by atoms with van der Waals surface area (Å²) in [5.74, 6) is 4.66. The summed E-state index contributed by atoms with van der Waals surface area (Å²) in [6.45, 7) is 3.62. The van der Waals surface area contributed by atoms with Crippen LogP contribution in [0.3, 0.4) is 0 Å². The first-order valence-electron chi connectivity index (χ1n) is 4.13. The minimum atomic E-state index is -0.289. The number of amides is 1. The van der Waals surface area contributed by atoms with Gasteiger partial charge in [0.05, 0.1) is 0 Å². The molecule has 3 heteroatoms. The van der Waals surface area contributed by atoms with Crippen LogP contribution in [-0.4, -0.2) is 5.91 Å². The van der Waals surface area contributed by atoms with E-state index in [1.54, 1.807) is 6.92 Å². The lowest BCUT2D eigenvalue weighted by Crippen LogP contribution is -2.08. The van der Waals surface area contributed by atoms with Crippen molar-refractivity contribution in [3.8, 4) is 11.8 Å². The van der Waals surface area contributed by atoms with E-state index in [4.69, 9.17) is 0 Å². The Bertz CT molecular complexity index is 415. The van der Waals surface area contributed by atoms with Crippen LogP contribution in [0.1, 0.15) is 12.5 Å². The maximum atomic E-state index is 11.1. The lowest BCUT2D eigenvalue weighted by molar-refractivity contribution is -0.111. The molecule has 0 heterocycles. The van der Waals surface area contributed by atoms with E-state index in [1.165, 1.54) is 0 Å². The fraction of sp³-hybridized carbons (Fsp3) is 0.182. The normalized spacial score (nSPS) is 8.79. The van der Waals surface area contributed by atoms with Gasteiger partial charge in [-0.05, 0) is 37.5 Å². The van der Waals surface area contributed by atoms with E-state index in [0.717, 1.165) is 15.7 Å². The first-order valence-corrected chi connectivity index (χ1v) is 4.92. The van der Waals surface area contributed by atoms with Gasteiger partial charge in [0.2, 0.25) is 0 Å². The summed E-state index contributed by atoms with van der Waals surface area (Å²) in [5, 5.41) is 2.67. The number of hydrogen-bond donors (Lipinski definition) is 1. The molecule has 0 aliphatic heterocycles. The van der Waals surface area contributed by atoms with Gasteiger partial charge < -0.3 is 5.32 Å². The van der Waals surface area contributed by atoms with E-state index in [9.17, 15) is 4.79 Å². The van der Waals surface area contributed by atoms with E-state index >= 15 is 0 Å². The molecule has 0 aliphatic carbocycles. The fourth-order valence-electron chi connectivity index (χ4n) is 0.946. The van der Waals surface area contributed by atoms with Crippen LogP contribution in [0.25, 0.3) is 0 Å². The van der Waals surface area contributed by atoms with Gasteiger partial charge in [-0.15, -0.1) is 0 Å². The summed E-state index contributed by atoms with van der Waals surface area (Å²) >= 11 is 3.39. The Morgan fingerprint density at radius 3 is 2.79 bits per heavy atom. The number of benzene rings is 1. The molecule has 14 heavy (non-hydrogen) atoms. The Labute approximate surface area is 91.8 Å². The van der Waals surface area contributed by atoms with Crippen molar-refractivity contribution in [2.45, 2.75) is 13.8 Å². The summed E-state index contributed by atoms with van der Waals surface area (Å²) in [7, 11) is 0. The molecular weight excluding hydrogens is 242 g/mol. The number of halogens is 1. The molecule has 0 atom stereocenters. The first-order chi connectivity index (χ1) is 6.63. The highest BCUT2D eigenvalue weighted by molar-refractivity contribution is 9.10. The highest BCUT2D eigenvalue weighted by Crippen LogP contribution is 2.20. The van der Waals surface area contributed by atoms with Gasteiger partial charge in [-0.1, -0.05) is 27.9 Å². The van der Waals surface area contributed by atoms with Crippen LogP contribution in [0.2, 0.25) is 0 Å². The maximum absolute atomic E-state index is 11.1. The zero-order valence-electron chi connectivity index (χ0n) is 8.02. The van der Waals surface area contributed by atoms with Gasteiger partial charge in [-0.25, -0.2) is 0 Å². The summed E-state index contributed by atoms with van der Waals surface area (Å²) in [4.78, 5) is 11.1. The van der Waals surface area contributed by atoms with E-state index in [-0.39, 0.29) is 5.91 Å². The van der Waals surface area contributed by atoms with E-state index < -0.39 is 0 Å². The molecule has 0 radical (unpaired) electrons. The Kier molecular flexibility index (Phi) is 3.73. The Morgan fingerprint density at radius 1 is 1.50 bits per heavy atom. The average Bonchev–Trinajstić information content (AvgIpc) is 2.12. The van der Waals surface area contributed by atoms with Gasteiger partial charge in [0.15, 0.2) is 0 Å². The van der Waals surface area contributed by atoms with Crippen LogP contribution in [0, 0.1) is 18.8 Å². The van der Waals surface area contributed by atoms with Crippen LogP contribution < -0.4 is 5.32 Å². The fourth-order valence-corrected chi connectivity index (χ4v) is 1.33. The summed E-state index contributed by atoms with van der Waals surface area (Å²) in [5.41, 5.74) is 1.87. The predicted molar refractivity (Wildman–Crippen MR) is 61.0 cm³/mol. The second-order valence-corrected chi connectivity index (χ2v) is 3.65. The molecule has 1 aromatic rings. The number of nitrogens with one attached hydrogen (secondary N) is 1. The summed E-state index contributed by atoms with van der Waals surface area (Å²) in [6, 6.07) is 5.62. The summed E-state index contributed by atoms with van der Waals surface area (Å²) < 4.78 is 0.972. The van der Waals surface area contributed by atoms with Crippen LogP contribution in [-0.2, 0) is 4.79 Å². The number of carbonyl (C=O) groups is 1. The number of rotatable bonds is 1. The second-order valence-electron chi connectivity index (χ2n) is 2.79. The molecule has 0 spiro atoms. The standard InChI is InChI=1S/C11H10BrNO/c1-3-4-11(14)13-9-6-5-8(2)10(12)7-9/h5-7H,1-2H3,(H,13,14). The van der Waals surface area contributed by atoms with Gasteiger partial charge in [0, 0.05) is 10.2 Å². The molecule has 1 aromatic carbocycles.